The fourth-order valence-corrected chi connectivity index (χ4v) is 2.42. The van der Waals surface area contributed by atoms with Gasteiger partial charge in [-0.25, -0.2) is 4.98 Å². The van der Waals surface area contributed by atoms with E-state index < -0.39 is 0 Å². The number of aryl methyl sites for hydroxylation is 1. The van der Waals surface area contributed by atoms with Gasteiger partial charge in [0.25, 0.3) is 5.22 Å². The van der Waals surface area contributed by atoms with Gasteiger partial charge in [-0.05, 0) is 26.3 Å². The lowest BCUT2D eigenvalue weighted by atomic mass is 10.3. The summed E-state index contributed by atoms with van der Waals surface area (Å²) in [5.41, 5.74) is 0.960. The standard InChI is InChI=1S/C9H14N2OS/c1-7-5-12-9(11-7)13-6-8-3-2-4-10-8/h5,8,10H,2-4,6H2,1H3. The highest BCUT2D eigenvalue weighted by Gasteiger charge is 2.15. The number of hydrogen-bond acceptors (Lipinski definition) is 4. The largest absolute Gasteiger partial charge is 0.440 e. The number of nitrogens with zero attached hydrogens (tertiary/aromatic N) is 1. The normalized spacial score (nSPS) is 22.4. The van der Waals surface area contributed by atoms with Crippen molar-refractivity contribution in [1.82, 2.24) is 10.3 Å². The molecule has 13 heavy (non-hydrogen) atoms. The van der Waals surface area contributed by atoms with Gasteiger partial charge in [-0.3, -0.25) is 0 Å². The van der Waals surface area contributed by atoms with E-state index in [9.17, 15) is 0 Å². The van der Waals surface area contributed by atoms with Crippen LogP contribution >= 0.6 is 11.8 Å². The molecular weight excluding hydrogens is 184 g/mol. The van der Waals surface area contributed by atoms with Crippen molar-refractivity contribution in [2.24, 2.45) is 0 Å². The number of hydrogen-bond donors (Lipinski definition) is 1. The van der Waals surface area contributed by atoms with Gasteiger partial charge < -0.3 is 9.73 Å². The molecule has 4 heteroatoms. The van der Waals surface area contributed by atoms with Crippen LogP contribution < -0.4 is 5.32 Å². The molecule has 1 saturated heterocycles. The van der Waals surface area contributed by atoms with Crippen molar-refractivity contribution in [3.8, 4) is 0 Å². The van der Waals surface area contributed by atoms with Crippen molar-refractivity contribution >= 4 is 11.8 Å². The van der Waals surface area contributed by atoms with Crippen LogP contribution in [0.4, 0.5) is 0 Å². The van der Waals surface area contributed by atoms with Gasteiger partial charge in [0, 0.05) is 11.8 Å². The maximum absolute atomic E-state index is 5.25. The Bertz CT molecular complexity index is 268. The number of oxazole rings is 1. The fraction of sp³-hybridized carbons (Fsp3) is 0.667. The van der Waals surface area contributed by atoms with Crippen LogP contribution in [0.15, 0.2) is 15.9 Å². The Balaban J connectivity index is 1.78. The lowest BCUT2D eigenvalue weighted by molar-refractivity contribution is 0.453. The minimum Gasteiger partial charge on any atom is -0.440 e. The molecule has 1 aromatic rings. The molecule has 3 nitrogen and oxygen atoms in total. The van der Waals surface area contributed by atoms with Gasteiger partial charge in [0.1, 0.15) is 6.26 Å². The fourth-order valence-electron chi connectivity index (χ4n) is 1.47. The van der Waals surface area contributed by atoms with Crippen LogP contribution in [0.25, 0.3) is 0 Å². The smallest absolute Gasteiger partial charge is 0.255 e. The number of aromatic nitrogens is 1. The summed E-state index contributed by atoms with van der Waals surface area (Å²) in [5, 5.41) is 4.24. The van der Waals surface area contributed by atoms with Gasteiger partial charge in [-0.15, -0.1) is 0 Å². The second kappa shape index (κ2) is 4.15. The van der Waals surface area contributed by atoms with E-state index in [0.29, 0.717) is 6.04 Å². The van der Waals surface area contributed by atoms with Crippen molar-refractivity contribution < 1.29 is 4.42 Å². The molecule has 2 heterocycles. The first kappa shape index (κ1) is 9.09. The Kier molecular flexibility index (Phi) is 2.90. The zero-order chi connectivity index (χ0) is 9.10. The average molecular weight is 198 g/mol. The van der Waals surface area contributed by atoms with Crippen LogP contribution in [0, 0.1) is 6.92 Å². The Morgan fingerprint density at radius 3 is 3.31 bits per heavy atom. The summed E-state index contributed by atoms with van der Waals surface area (Å²) in [5.74, 6) is 1.07. The molecule has 1 unspecified atom stereocenters. The molecule has 0 bridgehead atoms. The predicted octanol–water partition coefficient (Wildman–Crippen LogP) is 1.83. The molecule has 1 fully saturated rings. The third kappa shape index (κ3) is 2.48. The van der Waals surface area contributed by atoms with Gasteiger partial charge in [0.2, 0.25) is 0 Å². The summed E-state index contributed by atoms with van der Waals surface area (Å²) < 4.78 is 5.25. The molecule has 0 spiro atoms. The van der Waals surface area contributed by atoms with Crippen molar-refractivity contribution in [2.75, 3.05) is 12.3 Å². The molecule has 1 aliphatic rings. The van der Waals surface area contributed by atoms with Crippen LogP contribution in [-0.4, -0.2) is 23.3 Å². The highest BCUT2D eigenvalue weighted by Crippen LogP contribution is 2.20. The van der Waals surface area contributed by atoms with E-state index in [-0.39, 0.29) is 0 Å². The maximum Gasteiger partial charge on any atom is 0.255 e. The van der Waals surface area contributed by atoms with Crippen molar-refractivity contribution in [1.29, 1.82) is 0 Å². The van der Waals surface area contributed by atoms with Gasteiger partial charge >= 0.3 is 0 Å². The van der Waals surface area contributed by atoms with Crippen LogP contribution in [0.2, 0.25) is 0 Å². The topological polar surface area (TPSA) is 38.1 Å². The maximum atomic E-state index is 5.25. The van der Waals surface area contributed by atoms with Crippen molar-refractivity contribution in [3.63, 3.8) is 0 Å². The van der Waals surface area contributed by atoms with E-state index in [1.807, 2.05) is 6.92 Å². The van der Waals surface area contributed by atoms with Crippen LogP contribution in [0.5, 0.6) is 0 Å². The molecular formula is C9H14N2OS. The quantitative estimate of drug-likeness (QED) is 0.752. The Labute approximate surface area is 82.3 Å². The zero-order valence-corrected chi connectivity index (χ0v) is 8.56. The van der Waals surface area contributed by atoms with Crippen LogP contribution in [-0.2, 0) is 0 Å². The third-order valence-corrected chi connectivity index (χ3v) is 3.17. The zero-order valence-electron chi connectivity index (χ0n) is 7.75. The first-order valence-corrected chi connectivity index (χ1v) is 5.61. The summed E-state index contributed by atoms with van der Waals surface area (Å²) in [6.45, 7) is 3.11. The minimum atomic E-state index is 0.650. The molecule has 0 aromatic carbocycles. The summed E-state index contributed by atoms with van der Waals surface area (Å²) in [6, 6.07) is 0.650. The SMILES string of the molecule is Cc1coc(SCC2CCCN2)n1. The summed E-state index contributed by atoms with van der Waals surface area (Å²) in [6.07, 6.45) is 4.28. The summed E-state index contributed by atoms with van der Waals surface area (Å²) in [7, 11) is 0. The number of thioether (sulfide) groups is 1. The van der Waals surface area contributed by atoms with Gasteiger partial charge in [-0.2, -0.15) is 0 Å². The second-order valence-electron chi connectivity index (χ2n) is 3.36. The number of rotatable bonds is 3. The molecule has 0 radical (unpaired) electrons. The number of nitrogens with one attached hydrogen (secondary N) is 1. The van der Waals surface area contributed by atoms with Gasteiger partial charge in [0.05, 0.1) is 5.69 Å². The van der Waals surface area contributed by atoms with Crippen LogP contribution in [0.1, 0.15) is 18.5 Å². The molecule has 1 aromatic heterocycles. The van der Waals surface area contributed by atoms with E-state index in [1.165, 1.54) is 12.8 Å². The van der Waals surface area contributed by atoms with E-state index >= 15 is 0 Å². The van der Waals surface area contributed by atoms with Crippen LogP contribution in [0.3, 0.4) is 0 Å². The predicted molar refractivity (Wildman–Crippen MR) is 53.0 cm³/mol. The van der Waals surface area contributed by atoms with E-state index in [1.54, 1.807) is 18.0 Å². The Hall–Kier alpha value is -0.480. The van der Waals surface area contributed by atoms with Gasteiger partial charge in [0.15, 0.2) is 0 Å². The molecule has 0 amide bonds. The summed E-state index contributed by atoms with van der Waals surface area (Å²) in [4.78, 5) is 4.24. The second-order valence-corrected chi connectivity index (χ2v) is 4.33. The van der Waals surface area contributed by atoms with E-state index in [4.69, 9.17) is 4.42 Å². The van der Waals surface area contributed by atoms with Gasteiger partial charge in [-0.1, -0.05) is 11.8 Å². The highest BCUT2D eigenvalue weighted by molar-refractivity contribution is 7.99. The lowest BCUT2D eigenvalue weighted by Gasteiger charge is -2.06. The van der Waals surface area contributed by atoms with E-state index in [0.717, 1.165) is 23.2 Å². The first-order valence-electron chi connectivity index (χ1n) is 4.63. The van der Waals surface area contributed by atoms with E-state index in [2.05, 4.69) is 10.3 Å². The molecule has 1 aliphatic heterocycles. The first-order chi connectivity index (χ1) is 6.34. The molecule has 0 aliphatic carbocycles. The lowest BCUT2D eigenvalue weighted by Crippen LogP contribution is -2.23. The molecule has 0 saturated carbocycles. The molecule has 1 atom stereocenters. The van der Waals surface area contributed by atoms with Crippen molar-refractivity contribution in [2.45, 2.75) is 31.0 Å². The Morgan fingerprint density at radius 1 is 1.77 bits per heavy atom. The molecule has 1 N–H and O–H groups in total. The Morgan fingerprint density at radius 2 is 2.69 bits per heavy atom. The average Bonchev–Trinajstić information content (AvgIpc) is 2.71. The third-order valence-electron chi connectivity index (χ3n) is 2.17. The molecule has 2 rings (SSSR count). The molecule has 72 valence electrons. The highest BCUT2D eigenvalue weighted by atomic mass is 32.2. The minimum absolute atomic E-state index is 0.650. The summed E-state index contributed by atoms with van der Waals surface area (Å²) >= 11 is 1.70. The van der Waals surface area contributed by atoms with Crippen molar-refractivity contribution in [3.05, 3.63) is 12.0 Å². The monoisotopic (exact) mass is 198 g/mol.